The van der Waals surface area contributed by atoms with E-state index < -0.39 is 10.0 Å². The molecule has 38 heavy (non-hydrogen) atoms. The number of rotatable bonds is 7. The van der Waals surface area contributed by atoms with Crippen LogP contribution in [0, 0.1) is 0 Å². The molecule has 0 aliphatic rings. The van der Waals surface area contributed by atoms with Crippen LogP contribution in [-0.2, 0) is 10.0 Å². The zero-order chi connectivity index (χ0) is 26.9. The zero-order valence-electron chi connectivity index (χ0n) is 21.1. The molecule has 0 fully saturated rings. The summed E-state index contributed by atoms with van der Waals surface area (Å²) in [7, 11) is -0.544. The number of carbonyl (C=O) groups is 2. The van der Waals surface area contributed by atoms with Gasteiger partial charge < -0.3 is 9.80 Å². The van der Waals surface area contributed by atoms with Crippen LogP contribution in [-0.4, -0.2) is 61.2 Å². The normalized spacial score (nSPS) is 11.5. The minimum Gasteiger partial charge on any atom is -0.340 e. The maximum Gasteiger partial charge on any atom is 0.268 e. The van der Waals surface area contributed by atoms with E-state index in [0.717, 1.165) is 14.7 Å². The molecule has 0 aliphatic heterocycles. The second-order valence-corrected chi connectivity index (χ2v) is 11.0. The Kier molecular flexibility index (Phi) is 6.73. The lowest BCUT2D eigenvalue weighted by Crippen LogP contribution is -2.37. The van der Waals surface area contributed by atoms with Crippen molar-refractivity contribution in [2.45, 2.75) is 4.90 Å². The van der Waals surface area contributed by atoms with Crippen molar-refractivity contribution < 1.29 is 18.0 Å². The van der Waals surface area contributed by atoms with E-state index in [9.17, 15) is 18.0 Å². The quantitative estimate of drug-likeness (QED) is 0.304. The van der Waals surface area contributed by atoms with Gasteiger partial charge in [-0.15, -0.1) is 0 Å². The van der Waals surface area contributed by atoms with Crippen molar-refractivity contribution >= 4 is 43.5 Å². The van der Waals surface area contributed by atoms with E-state index in [1.807, 2.05) is 36.4 Å². The SMILES string of the molecule is CN(CCN(C)C(=O)c1cn(S(=O)(=O)c2ccccc2)c2ccccc12)C(=O)c1ccc2ccccc2c1. The number of hydrogen-bond donors (Lipinski definition) is 0. The molecule has 192 valence electrons. The zero-order valence-corrected chi connectivity index (χ0v) is 21.9. The molecule has 0 N–H and O–H groups in total. The third-order valence-electron chi connectivity index (χ3n) is 6.67. The number of nitrogens with zero attached hydrogens (tertiary/aromatic N) is 3. The van der Waals surface area contributed by atoms with Crippen LogP contribution in [0.4, 0.5) is 0 Å². The third-order valence-corrected chi connectivity index (χ3v) is 8.36. The van der Waals surface area contributed by atoms with Crippen LogP contribution in [0.3, 0.4) is 0 Å². The summed E-state index contributed by atoms with van der Waals surface area (Å²) in [6.45, 7) is 0.592. The van der Waals surface area contributed by atoms with Gasteiger partial charge >= 0.3 is 0 Å². The highest BCUT2D eigenvalue weighted by Gasteiger charge is 2.25. The summed E-state index contributed by atoms with van der Waals surface area (Å²) in [6, 6.07) is 28.5. The maximum atomic E-state index is 13.4. The summed E-state index contributed by atoms with van der Waals surface area (Å²) >= 11 is 0. The Hall–Kier alpha value is -4.43. The summed E-state index contributed by atoms with van der Waals surface area (Å²) in [5, 5.41) is 2.59. The van der Waals surface area contributed by atoms with Gasteiger partial charge in [-0.05, 0) is 41.1 Å². The highest BCUT2D eigenvalue weighted by atomic mass is 32.2. The molecule has 1 aromatic heterocycles. The number of fused-ring (bicyclic) bond motifs is 2. The molecule has 0 aliphatic carbocycles. The second-order valence-electron chi connectivity index (χ2n) is 9.19. The first-order valence-corrected chi connectivity index (χ1v) is 13.6. The largest absolute Gasteiger partial charge is 0.340 e. The summed E-state index contributed by atoms with van der Waals surface area (Å²) in [5.41, 5.74) is 1.29. The first kappa shape index (κ1) is 25.2. The Balaban J connectivity index is 1.35. The molecule has 0 radical (unpaired) electrons. The van der Waals surface area contributed by atoms with Crippen molar-refractivity contribution in [3.63, 3.8) is 0 Å². The molecule has 4 aromatic carbocycles. The lowest BCUT2D eigenvalue weighted by molar-refractivity contribution is 0.0720. The van der Waals surface area contributed by atoms with Crippen LogP contribution in [0.1, 0.15) is 20.7 Å². The lowest BCUT2D eigenvalue weighted by Gasteiger charge is -2.22. The molecular weight excluding hydrogens is 498 g/mol. The number of para-hydroxylation sites is 1. The number of aromatic nitrogens is 1. The Labute approximate surface area is 221 Å². The Morgan fingerprint density at radius 1 is 0.711 bits per heavy atom. The first-order valence-electron chi connectivity index (χ1n) is 12.2. The Morgan fingerprint density at radius 2 is 1.32 bits per heavy atom. The molecule has 2 amide bonds. The molecule has 7 nitrogen and oxygen atoms in total. The van der Waals surface area contributed by atoms with Crippen molar-refractivity contribution in [2.24, 2.45) is 0 Å². The van der Waals surface area contributed by atoms with Crippen molar-refractivity contribution in [3.8, 4) is 0 Å². The van der Waals surface area contributed by atoms with Gasteiger partial charge in [0.15, 0.2) is 0 Å². The summed E-state index contributed by atoms with van der Waals surface area (Å²) in [6.07, 6.45) is 1.38. The van der Waals surface area contributed by atoms with E-state index >= 15 is 0 Å². The van der Waals surface area contributed by atoms with E-state index in [-0.39, 0.29) is 28.8 Å². The fourth-order valence-corrected chi connectivity index (χ4v) is 5.87. The average molecular weight is 526 g/mol. The van der Waals surface area contributed by atoms with E-state index in [2.05, 4.69) is 0 Å². The molecule has 0 saturated heterocycles. The van der Waals surface area contributed by atoms with Gasteiger partial charge in [-0.25, -0.2) is 12.4 Å². The minimum atomic E-state index is -3.89. The summed E-state index contributed by atoms with van der Waals surface area (Å²) in [4.78, 5) is 29.7. The van der Waals surface area contributed by atoms with E-state index in [1.165, 1.54) is 23.2 Å². The lowest BCUT2D eigenvalue weighted by atomic mass is 10.1. The maximum absolute atomic E-state index is 13.4. The number of likely N-dealkylation sites (N-methyl/N-ethyl adjacent to an activating group) is 2. The summed E-state index contributed by atoms with van der Waals surface area (Å²) < 4.78 is 27.9. The van der Waals surface area contributed by atoms with Gasteiger partial charge in [-0.3, -0.25) is 9.59 Å². The molecule has 5 rings (SSSR count). The van der Waals surface area contributed by atoms with Crippen LogP contribution in [0.2, 0.25) is 0 Å². The Bertz CT molecular complexity index is 1760. The van der Waals surface area contributed by atoms with Crippen molar-refractivity contribution in [2.75, 3.05) is 27.2 Å². The highest BCUT2D eigenvalue weighted by Crippen LogP contribution is 2.27. The minimum absolute atomic E-state index is 0.137. The van der Waals surface area contributed by atoms with Gasteiger partial charge in [-0.2, -0.15) is 0 Å². The fourth-order valence-electron chi connectivity index (χ4n) is 4.48. The fraction of sp³-hybridized carbons (Fsp3) is 0.133. The third kappa shape index (κ3) is 4.66. The van der Waals surface area contributed by atoms with Gasteiger partial charge in [0.25, 0.3) is 21.8 Å². The van der Waals surface area contributed by atoms with Crippen LogP contribution in [0.15, 0.2) is 108 Å². The molecule has 8 heteroatoms. The van der Waals surface area contributed by atoms with Gasteiger partial charge in [-0.1, -0.05) is 66.7 Å². The molecule has 0 unspecified atom stereocenters. The van der Waals surface area contributed by atoms with Crippen LogP contribution < -0.4 is 0 Å². The van der Waals surface area contributed by atoms with Gasteiger partial charge in [0.05, 0.1) is 16.0 Å². The number of amides is 2. The standard InChI is InChI=1S/C30H27N3O4S/c1-31(29(34)24-17-16-22-10-6-7-11-23(22)20-24)18-19-32(2)30(35)27-21-33(28-15-9-8-14-26(27)28)38(36,37)25-12-4-3-5-13-25/h3-17,20-21H,18-19H2,1-2H3. The molecule has 0 bridgehead atoms. The molecule has 0 saturated carbocycles. The van der Waals surface area contributed by atoms with Gasteiger partial charge in [0.2, 0.25) is 0 Å². The monoisotopic (exact) mass is 525 g/mol. The average Bonchev–Trinajstić information content (AvgIpc) is 3.35. The smallest absolute Gasteiger partial charge is 0.268 e. The van der Waals surface area contributed by atoms with E-state index in [4.69, 9.17) is 0 Å². The van der Waals surface area contributed by atoms with E-state index in [0.29, 0.717) is 23.0 Å². The predicted molar refractivity (Wildman–Crippen MR) is 149 cm³/mol. The predicted octanol–water partition coefficient (Wildman–Crippen LogP) is 4.88. The number of carbonyl (C=O) groups excluding carboxylic acids is 2. The second kappa shape index (κ2) is 10.1. The van der Waals surface area contributed by atoms with Crippen LogP contribution in [0.25, 0.3) is 21.7 Å². The van der Waals surface area contributed by atoms with Gasteiger partial charge in [0, 0.05) is 44.3 Å². The first-order chi connectivity index (χ1) is 18.3. The molecule has 1 heterocycles. The molecule has 0 atom stereocenters. The summed E-state index contributed by atoms with van der Waals surface area (Å²) in [5.74, 6) is -0.461. The number of hydrogen-bond acceptors (Lipinski definition) is 4. The molecule has 5 aromatic rings. The van der Waals surface area contributed by atoms with Gasteiger partial charge in [0.1, 0.15) is 0 Å². The molecular formula is C30H27N3O4S. The van der Waals surface area contributed by atoms with E-state index in [1.54, 1.807) is 67.5 Å². The van der Waals surface area contributed by atoms with Crippen LogP contribution in [0.5, 0.6) is 0 Å². The highest BCUT2D eigenvalue weighted by molar-refractivity contribution is 7.90. The van der Waals surface area contributed by atoms with Crippen molar-refractivity contribution in [1.29, 1.82) is 0 Å². The Morgan fingerprint density at radius 3 is 2.05 bits per heavy atom. The van der Waals surface area contributed by atoms with Crippen molar-refractivity contribution in [3.05, 3.63) is 114 Å². The molecule has 0 spiro atoms. The van der Waals surface area contributed by atoms with Crippen molar-refractivity contribution in [1.82, 2.24) is 13.8 Å². The topological polar surface area (TPSA) is 79.7 Å². The van der Waals surface area contributed by atoms with Crippen LogP contribution >= 0.6 is 0 Å². The number of benzene rings is 4.